The Morgan fingerprint density at radius 3 is 2.95 bits per heavy atom. The van der Waals surface area contributed by atoms with Crippen molar-refractivity contribution in [1.29, 1.82) is 0 Å². The van der Waals surface area contributed by atoms with Gasteiger partial charge < -0.3 is 9.40 Å². The number of aromatic amines is 1. The number of nitrogens with one attached hydrogen (secondary N) is 1. The van der Waals surface area contributed by atoms with Crippen LogP contribution in [0.25, 0.3) is 22.4 Å². The molecule has 0 aliphatic carbocycles. The van der Waals surface area contributed by atoms with Crippen LogP contribution in [0.3, 0.4) is 0 Å². The molecular weight excluding hydrogens is 296 g/mol. The van der Waals surface area contributed by atoms with Crippen LogP contribution >= 0.6 is 11.8 Å². The lowest BCUT2D eigenvalue weighted by Crippen LogP contribution is -1.81. The molecule has 108 valence electrons. The predicted octanol–water partition coefficient (Wildman–Crippen LogP) is 3.91. The third kappa shape index (κ3) is 2.48. The van der Waals surface area contributed by atoms with E-state index in [1.807, 2.05) is 48.8 Å². The second-order valence-corrected chi connectivity index (χ2v) is 5.70. The number of rotatable bonds is 4. The Bertz CT molecular complexity index is 901. The van der Waals surface area contributed by atoms with E-state index in [0.29, 0.717) is 11.1 Å². The molecule has 3 heterocycles. The molecule has 0 saturated carbocycles. The molecular formula is C16H12N4OS. The highest BCUT2D eigenvalue weighted by Gasteiger charge is 2.13. The van der Waals surface area contributed by atoms with Gasteiger partial charge >= 0.3 is 0 Å². The van der Waals surface area contributed by atoms with E-state index >= 15 is 0 Å². The smallest absolute Gasteiger partial charge is 0.277 e. The van der Waals surface area contributed by atoms with Crippen LogP contribution < -0.4 is 0 Å². The van der Waals surface area contributed by atoms with Gasteiger partial charge in [0.2, 0.25) is 0 Å². The number of para-hydroxylation sites is 1. The summed E-state index contributed by atoms with van der Waals surface area (Å²) < 4.78 is 5.76. The fraction of sp³-hybridized carbons (Fsp3) is 0.0625. The highest BCUT2D eigenvalue weighted by molar-refractivity contribution is 7.98. The number of fused-ring (bicyclic) bond motifs is 1. The first-order valence-electron chi connectivity index (χ1n) is 6.82. The lowest BCUT2D eigenvalue weighted by atomic mass is 10.2. The second kappa shape index (κ2) is 5.65. The topological polar surface area (TPSA) is 67.6 Å². The monoisotopic (exact) mass is 308 g/mol. The van der Waals surface area contributed by atoms with Crippen molar-refractivity contribution in [1.82, 2.24) is 20.2 Å². The quantitative estimate of drug-likeness (QED) is 0.579. The highest BCUT2D eigenvalue weighted by atomic mass is 32.2. The van der Waals surface area contributed by atoms with Gasteiger partial charge in [0.1, 0.15) is 0 Å². The Morgan fingerprint density at radius 2 is 2.05 bits per heavy atom. The zero-order valence-electron chi connectivity index (χ0n) is 11.6. The minimum Gasteiger partial charge on any atom is -0.411 e. The van der Waals surface area contributed by atoms with E-state index in [9.17, 15) is 0 Å². The van der Waals surface area contributed by atoms with Gasteiger partial charge in [-0.1, -0.05) is 36.0 Å². The van der Waals surface area contributed by atoms with Gasteiger partial charge in [0, 0.05) is 35.2 Å². The summed E-state index contributed by atoms with van der Waals surface area (Å²) in [5.74, 6) is 1.29. The van der Waals surface area contributed by atoms with Crippen molar-refractivity contribution in [3.63, 3.8) is 0 Å². The maximum atomic E-state index is 5.76. The number of nitrogens with zero attached hydrogens (tertiary/aromatic N) is 3. The van der Waals surface area contributed by atoms with E-state index in [-0.39, 0.29) is 0 Å². The van der Waals surface area contributed by atoms with E-state index in [1.165, 1.54) is 11.8 Å². The summed E-state index contributed by atoms with van der Waals surface area (Å²) in [4.78, 5) is 7.30. The zero-order valence-corrected chi connectivity index (χ0v) is 12.4. The van der Waals surface area contributed by atoms with Gasteiger partial charge in [-0.05, 0) is 17.7 Å². The maximum absolute atomic E-state index is 5.76. The van der Waals surface area contributed by atoms with Gasteiger partial charge in [-0.2, -0.15) is 0 Å². The minimum absolute atomic E-state index is 0.533. The van der Waals surface area contributed by atoms with Crippen LogP contribution in [0.2, 0.25) is 0 Å². The van der Waals surface area contributed by atoms with E-state index in [2.05, 4.69) is 20.2 Å². The molecule has 0 radical (unpaired) electrons. The molecule has 1 aromatic carbocycles. The fourth-order valence-corrected chi connectivity index (χ4v) is 2.95. The molecule has 0 spiro atoms. The largest absolute Gasteiger partial charge is 0.411 e. The van der Waals surface area contributed by atoms with Gasteiger partial charge in [-0.15, -0.1) is 10.2 Å². The standard InChI is InChI=1S/C16H12N4OS/c1-2-6-14-12(5-1)13(9-18-14)15-19-20-16(21-15)22-10-11-4-3-7-17-8-11/h1-9,18H,10H2. The number of aromatic nitrogens is 4. The van der Waals surface area contributed by atoms with Crippen LogP contribution in [-0.4, -0.2) is 20.2 Å². The van der Waals surface area contributed by atoms with Crippen molar-refractivity contribution in [2.24, 2.45) is 0 Å². The van der Waals surface area contributed by atoms with E-state index in [1.54, 1.807) is 6.20 Å². The lowest BCUT2D eigenvalue weighted by Gasteiger charge is -1.96. The molecule has 0 atom stereocenters. The van der Waals surface area contributed by atoms with Crippen molar-refractivity contribution in [3.8, 4) is 11.5 Å². The maximum Gasteiger partial charge on any atom is 0.277 e. The Hall–Kier alpha value is -2.60. The summed E-state index contributed by atoms with van der Waals surface area (Å²) in [6.45, 7) is 0. The molecule has 4 rings (SSSR count). The Morgan fingerprint density at radius 1 is 1.09 bits per heavy atom. The molecule has 22 heavy (non-hydrogen) atoms. The first kappa shape index (κ1) is 13.1. The summed E-state index contributed by atoms with van der Waals surface area (Å²) in [5, 5.41) is 9.89. The number of hydrogen-bond acceptors (Lipinski definition) is 5. The minimum atomic E-state index is 0.533. The third-order valence-electron chi connectivity index (χ3n) is 3.31. The molecule has 4 aromatic rings. The molecule has 5 nitrogen and oxygen atoms in total. The average Bonchev–Trinajstić information content (AvgIpc) is 3.20. The number of benzene rings is 1. The summed E-state index contributed by atoms with van der Waals surface area (Å²) in [7, 11) is 0. The summed E-state index contributed by atoms with van der Waals surface area (Å²) >= 11 is 1.51. The number of thioether (sulfide) groups is 1. The molecule has 6 heteroatoms. The molecule has 1 N–H and O–H groups in total. The number of pyridine rings is 1. The first-order valence-corrected chi connectivity index (χ1v) is 7.80. The third-order valence-corrected chi connectivity index (χ3v) is 4.20. The molecule has 3 aromatic heterocycles. The van der Waals surface area contributed by atoms with Crippen LogP contribution in [-0.2, 0) is 5.75 Å². The average molecular weight is 308 g/mol. The Kier molecular flexibility index (Phi) is 3.36. The van der Waals surface area contributed by atoms with Crippen LogP contribution in [0.5, 0.6) is 0 Å². The normalized spacial score (nSPS) is 11.1. The van der Waals surface area contributed by atoms with Gasteiger partial charge in [0.05, 0.1) is 5.56 Å². The van der Waals surface area contributed by atoms with Gasteiger partial charge in [0.15, 0.2) is 0 Å². The van der Waals surface area contributed by atoms with E-state index in [4.69, 9.17) is 4.42 Å². The summed E-state index contributed by atoms with van der Waals surface area (Å²) in [6.07, 6.45) is 5.49. The zero-order chi connectivity index (χ0) is 14.8. The second-order valence-electron chi connectivity index (χ2n) is 4.77. The summed E-state index contributed by atoms with van der Waals surface area (Å²) in [6, 6.07) is 12.0. The molecule has 0 amide bonds. The van der Waals surface area contributed by atoms with E-state index in [0.717, 1.165) is 27.8 Å². The van der Waals surface area contributed by atoms with Gasteiger partial charge in [-0.3, -0.25) is 4.98 Å². The molecule has 0 bridgehead atoms. The van der Waals surface area contributed by atoms with Crippen molar-refractivity contribution in [2.75, 3.05) is 0 Å². The fourth-order valence-electron chi connectivity index (χ4n) is 2.25. The van der Waals surface area contributed by atoms with Crippen LogP contribution in [0.4, 0.5) is 0 Å². The van der Waals surface area contributed by atoms with Crippen molar-refractivity contribution in [2.45, 2.75) is 11.0 Å². The molecule has 0 saturated heterocycles. The molecule has 0 fully saturated rings. The molecule has 0 aliphatic rings. The molecule has 0 unspecified atom stereocenters. The highest BCUT2D eigenvalue weighted by Crippen LogP contribution is 2.30. The number of H-pyrrole nitrogens is 1. The van der Waals surface area contributed by atoms with Gasteiger partial charge in [0.25, 0.3) is 11.1 Å². The van der Waals surface area contributed by atoms with Crippen molar-refractivity contribution < 1.29 is 4.42 Å². The van der Waals surface area contributed by atoms with Crippen LogP contribution in [0.1, 0.15) is 5.56 Å². The van der Waals surface area contributed by atoms with Crippen LogP contribution in [0.15, 0.2) is 64.6 Å². The first-order chi connectivity index (χ1) is 10.9. The van der Waals surface area contributed by atoms with Crippen molar-refractivity contribution in [3.05, 3.63) is 60.6 Å². The Labute approximate surface area is 130 Å². The Balaban J connectivity index is 1.56. The molecule has 0 aliphatic heterocycles. The van der Waals surface area contributed by atoms with Crippen molar-refractivity contribution >= 4 is 22.7 Å². The van der Waals surface area contributed by atoms with Gasteiger partial charge in [-0.25, -0.2) is 0 Å². The number of hydrogen-bond donors (Lipinski definition) is 1. The van der Waals surface area contributed by atoms with E-state index < -0.39 is 0 Å². The SMILES string of the molecule is c1cncc(CSc2nnc(-c3c[nH]c4ccccc34)o2)c1. The summed E-state index contributed by atoms with van der Waals surface area (Å²) in [5.41, 5.74) is 3.11. The lowest BCUT2D eigenvalue weighted by molar-refractivity contribution is 0.466. The predicted molar refractivity (Wildman–Crippen MR) is 85.4 cm³/mol. The van der Waals surface area contributed by atoms with Crippen LogP contribution in [0, 0.1) is 0 Å².